The van der Waals surface area contributed by atoms with Crippen molar-refractivity contribution in [3.05, 3.63) is 17.5 Å². The smallest absolute Gasteiger partial charge is 0.166 e. The van der Waals surface area contributed by atoms with Gasteiger partial charge >= 0.3 is 0 Å². The quantitative estimate of drug-likeness (QED) is 0.722. The van der Waals surface area contributed by atoms with Gasteiger partial charge in [-0.1, -0.05) is 0 Å². The van der Waals surface area contributed by atoms with Crippen LogP contribution in [-0.4, -0.2) is 29.3 Å². The van der Waals surface area contributed by atoms with E-state index in [0.29, 0.717) is 13.0 Å². The Labute approximate surface area is 82.9 Å². The van der Waals surface area contributed by atoms with Gasteiger partial charge in [0.1, 0.15) is 0 Å². The normalized spacial score (nSPS) is 15.6. The highest BCUT2D eigenvalue weighted by Gasteiger charge is 2.21. The van der Waals surface area contributed by atoms with Gasteiger partial charge in [0.05, 0.1) is 24.9 Å². The topological polar surface area (TPSA) is 44.1 Å². The van der Waals surface area contributed by atoms with Gasteiger partial charge in [-0.3, -0.25) is 9.48 Å². The highest BCUT2D eigenvalue weighted by molar-refractivity contribution is 5.97. The highest BCUT2D eigenvalue weighted by atomic mass is 16.5. The molecule has 4 nitrogen and oxygen atoms in total. The lowest BCUT2D eigenvalue weighted by atomic mass is 9.97. The number of rotatable bonds is 3. The second-order valence-electron chi connectivity index (χ2n) is 3.50. The molecular weight excluding hydrogens is 180 g/mol. The first kappa shape index (κ1) is 9.40. The van der Waals surface area contributed by atoms with Gasteiger partial charge in [-0.15, -0.1) is 0 Å². The minimum atomic E-state index is 0.231. The molecule has 0 saturated heterocycles. The number of carbonyl (C=O) groups excluding carboxylic acids is 1. The van der Waals surface area contributed by atoms with E-state index in [2.05, 4.69) is 5.10 Å². The van der Waals surface area contributed by atoms with Crippen LogP contribution >= 0.6 is 0 Å². The zero-order chi connectivity index (χ0) is 9.97. The molecule has 1 heterocycles. The van der Waals surface area contributed by atoms with Crippen LogP contribution in [-0.2, 0) is 17.7 Å². The number of methoxy groups -OCH3 is 1. The van der Waals surface area contributed by atoms with Gasteiger partial charge in [0, 0.05) is 19.2 Å². The number of hydrogen-bond donors (Lipinski definition) is 0. The zero-order valence-electron chi connectivity index (χ0n) is 8.32. The number of hydrogen-bond acceptors (Lipinski definition) is 3. The lowest BCUT2D eigenvalue weighted by Gasteiger charge is -2.12. The number of aromatic nitrogens is 2. The van der Waals surface area contributed by atoms with Crippen molar-refractivity contribution in [1.82, 2.24) is 9.78 Å². The Morgan fingerprint density at radius 1 is 1.57 bits per heavy atom. The molecule has 0 bridgehead atoms. The summed E-state index contributed by atoms with van der Waals surface area (Å²) in [6.07, 6.45) is 4.27. The van der Waals surface area contributed by atoms with E-state index in [1.54, 1.807) is 13.3 Å². The average Bonchev–Trinajstić information content (AvgIpc) is 2.60. The Bertz CT molecular complexity index is 344. The fourth-order valence-electron chi connectivity index (χ4n) is 1.83. The van der Waals surface area contributed by atoms with Crippen LogP contribution in [0.15, 0.2) is 6.20 Å². The van der Waals surface area contributed by atoms with Gasteiger partial charge in [-0.2, -0.15) is 5.10 Å². The van der Waals surface area contributed by atoms with E-state index < -0.39 is 0 Å². The molecule has 0 amide bonds. The molecule has 0 aliphatic heterocycles. The van der Waals surface area contributed by atoms with E-state index in [1.807, 2.05) is 4.68 Å². The minimum absolute atomic E-state index is 0.231. The molecule has 2 rings (SSSR count). The predicted octanol–water partition coefficient (Wildman–Crippen LogP) is 1.05. The summed E-state index contributed by atoms with van der Waals surface area (Å²) >= 11 is 0. The molecule has 4 heteroatoms. The van der Waals surface area contributed by atoms with Crippen LogP contribution in [0.25, 0.3) is 0 Å². The van der Waals surface area contributed by atoms with Gasteiger partial charge in [-0.05, 0) is 12.8 Å². The van der Waals surface area contributed by atoms with E-state index >= 15 is 0 Å². The maximum atomic E-state index is 11.5. The summed E-state index contributed by atoms with van der Waals surface area (Å²) < 4.78 is 6.87. The Balaban J connectivity index is 2.22. The standard InChI is InChI=1S/C10H14N2O2/c1-14-6-5-12-9-3-2-4-10(13)8(9)7-11-12/h7H,2-6H2,1H3. The molecule has 0 fully saturated rings. The van der Waals surface area contributed by atoms with Gasteiger partial charge < -0.3 is 4.74 Å². The first-order chi connectivity index (χ1) is 6.83. The van der Waals surface area contributed by atoms with Crippen molar-refractivity contribution in [2.45, 2.75) is 25.8 Å². The van der Waals surface area contributed by atoms with Crippen LogP contribution in [0.4, 0.5) is 0 Å². The summed E-state index contributed by atoms with van der Waals surface area (Å²) in [6, 6.07) is 0. The molecule has 1 aliphatic rings. The van der Waals surface area contributed by atoms with Crippen molar-refractivity contribution in [3.63, 3.8) is 0 Å². The lowest BCUT2D eigenvalue weighted by molar-refractivity contribution is 0.0971. The molecule has 0 spiro atoms. The van der Waals surface area contributed by atoms with E-state index in [9.17, 15) is 4.79 Å². The van der Waals surface area contributed by atoms with Crippen molar-refractivity contribution in [2.75, 3.05) is 13.7 Å². The molecule has 1 aromatic rings. The molecule has 0 saturated carbocycles. The monoisotopic (exact) mass is 194 g/mol. The molecule has 0 aromatic carbocycles. The summed E-state index contributed by atoms with van der Waals surface area (Å²) in [5.74, 6) is 0.231. The third-order valence-corrected chi connectivity index (χ3v) is 2.57. The first-order valence-electron chi connectivity index (χ1n) is 4.89. The van der Waals surface area contributed by atoms with Crippen molar-refractivity contribution >= 4 is 5.78 Å². The number of carbonyl (C=O) groups is 1. The van der Waals surface area contributed by atoms with E-state index in [4.69, 9.17) is 4.74 Å². The minimum Gasteiger partial charge on any atom is -0.383 e. The molecule has 1 aliphatic carbocycles. The molecule has 1 aromatic heterocycles. The molecule has 0 radical (unpaired) electrons. The number of Topliss-reactive ketones (excluding diaryl/α,β-unsaturated/α-hetero) is 1. The fourth-order valence-corrected chi connectivity index (χ4v) is 1.83. The Morgan fingerprint density at radius 3 is 3.21 bits per heavy atom. The zero-order valence-corrected chi connectivity index (χ0v) is 8.32. The van der Waals surface area contributed by atoms with Crippen LogP contribution in [0, 0.1) is 0 Å². The fraction of sp³-hybridized carbons (Fsp3) is 0.600. The Hall–Kier alpha value is -1.16. The van der Waals surface area contributed by atoms with Gasteiger partial charge in [0.25, 0.3) is 0 Å². The maximum absolute atomic E-state index is 11.5. The molecule has 0 atom stereocenters. The van der Waals surface area contributed by atoms with Crippen molar-refractivity contribution in [2.24, 2.45) is 0 Å². The molecule has 14 heavy (non-hydrogen) atoms. The predicted molar refractivity (Wildman–Crippen MR) is 51.4 cm³/mol. The number of fused-ring (bicyclic) bond motifs is 1. The van der Waals surface area contributed by atoms with Crippen LogP contribution in [0.1, 0.15) is 28.9 Å². The largest absolute Gasteiger partial charge is 0.383 e. The summed E-state index contributed by atoms with van der Waals surface area (Å²) in [5.41, 5.74) is 1.89. The van der Waals surface area contributed by atoms with Crippen molar-refractivity contribution < 1.29 is 9.53 Å². The van der Waals surface area contributed by atoms with E-state index in [0.717, 1.165) is 30.6 Å². The second-order valence-corrected chi connectivity index (χ2v) is 3.50. The third-order valence-electron chi connectivity index (χ3n) is 2.57. The number of nitrogens with zero attached hydrogens (tertiary/aromatic N) is 2. The van der Waals surface area contributed by atoms with Gasteiger partial charge in [-0.25, -0.2) is 0 Å². The SMILES string of the molecule is COCCn1ncc2c1CCCC2=O. The average molecular weight is 194 g/mol. The van der Waals surface area contributed by atoms with Crippen LogP contribution in [0.2, 0.25) is 0 Å². The molecule has 0 N–H and O–H groups in total. The summed E-state index contributed by atoms with van der Waals surface area (Å²) in [7, 11) is 1.67. The highest BCUT2D eigenvalue weighted by Crippen LogP contribution is 2.20. The maximum Gasteiger partial charge on any atom is 0.166 e. The summed E-state index contributed by atoms with van der Waals surface area (Å²) in [5, 5.41) is 4.20. The molecular formula is C10H14N2O2. The van der Waals surface area contributed by atoms with Gasteiger partial charge in [0.15, 0.2) is 5.78 Å². The van der Waals surface area contributed by atoms with E-state index in [-0.39, 0.29) is 5.78 Å². The third kappa shape index (κ3) is 1.57. The Morgan fingerprint density at radius 2 is 2.43 bits per heavy atom. The first-order valence-corrected chi connectivity index (χ1v) is 4.89. The molecule has 0 unspecified atom stereocenters. The van der Waals surface area contributed by atoms with Gasteiger partial charge in [0.2, 0.25) is 0 Å². The van der Waals surface area contributed by atoms with Crippen LogP contribution in [0.5, 0.6) is 0 Å². The van der Waals surface area contributed by atoms with Crippen molar-refractivity contribution in [3.8, 4) is 0 Å². The van der Waals surface area contributed by atoms with Crippen molar-refractivity contribution in [1.29, 1.82) is 0 Å². The Kier molecular flexibility index (Phi) is 2.63. The van der Waals surface area contributed by atoms with E-state index in [1.165, 1.54) is 0 Å². The lowest BCUT2D eigenvalue weighted by Crippen LogP contribution is -2.15. The summed E-state index contributed by atoms with van der Waals surface area (Å²) in [6.45, 7) is 1.38. The number of ether oxygens (including phenoxy) is 1. The van der Waals surface area contributed by atoms with Crippen LogP contribution < -0.4 is 0 Å². The second kappa shape index (κ2) is 3.92. The van der Waals surface area contributed by atoms with Crippen LogP contribution in [0.3, 0.4) is 0 Å². The molecule has 76 valence electrons. The summed E-state index contributed by atoms with van der Waals surface area (Å²) in [4.78, 5) is 11.5. The number of ketones is 1.